The molecule has 1 aromatic carbocycles. The standard InChI is InChI=1S/C14H22N2OS/c1-10(2)18-13-7-5-12(6-8-13)14(17)16(4)11(3)9-15/h5-8,10-11H,9,15H2,1-4H3. The van der Waals surface area contributed by atoms with Gasteiger partial charge in [-0.25, -0.2) is 0 Å². The van der Waals surface area contributed by atoms with Gasteiger partial charge in [0.2, 0.25) is 0 Å². The molecule has 2 N–H and O–H groups in total. The first-order chi connectivity index (χ1) is 8.45. The molecule has 1 unspecified atom stereocenters. The number of carbonyl (C=O) groups excluding carboxylic acids is 1. The minimum Gasteiger partial charge on any atom is -0.338 e. The van der Waals surface area contributed by atoms with E-state index in [-0.39, 0.29) is 11.9 Å². The Morgan fingerprint density at radius 3 is 2.28 bits per heavy atom. The maximum absolute atomic E-state index is 12.1. The van der Waals surface area contributed by atoms with Crippen LogP contribution in [0.2, 0.25) is 0 Å². The van der Waals surface area contributed by atoms with Gasteiger partial charge in [0.15, 0.2) is 0 Å². The van der Waals surface area contributed by atoms with Crippen molar-refractivity contribution in [2.45, 2.75) is 37.0 Å². The number of nitrogens with two attached hydrogens (primary N) is 1. The second-order valence-corrected chi connectivity index (χ2v) is 6.34. The SMILES string of the molecule is CC(C)Sc1ccc(C(=O)N(C)C(C)CN)cc1. The van der Waals surface area contributed by atoms with E-state index in [0.29, 0.717) is 17.4 Å². The molecule has 0 aromatic heterocycles. The number of benzene rings is 1. The quantitative estimate of drug-likeness (QED) is 0.833. The van der Waals surface area contributed by atoms with Gasteiger partial charge in [0.1, 0.15) is 0 Å². The zero-order valence-corrected chi connectivity index (χ0v) is 12.3. The number of amides is 1. The number of likely N-dealkylation sites (N-methyl/N-ethyl adjacent to an activating group) is 1. The lowest BCUT2D eigenvalue weighted by Crippen LogP contribution is -2.39. The molecule has 0 heterocycles. The first kappa shape index (κ1) is 15.1. The molecule has 0 bridgehead atoms. The molecule has 0 aliphatic rings. The first-order valence-electron chi connectivity index (χ1n) is 6.19. The molecule has 1 amide bonds. The number of rotatable bonds is 5. The Labute approximate surface area is 114 Å². The number of hydrogen-bond donors (Lipinski definition) is 1. The van der Waals surface area contributed by atoms with Crippen LogP contribution < -0.4 is 5.73 Å². The first-order valence-corrected chi connectivity index (χ1v) is 7.07. The van der Waals surface area contributed by atoms with Gasteiger partial charge in [-0.3, -0.25) is 4.79 Å². The van der Waals surface area contributed by atoms with E-state index in [1.54, 1.807) is 23.7 Å². The highest BCUT2D eigenvalue weighted by molar-refractivity contribution is 7.99. The molecule has 0 saturated heterocycles. The van der Waals surface area contributed by atoms with Gasteiger partial charge in [0.25, 0.3) is 5.91 Å². The fourth-order valence-corrected chi connectivity index (χ4v) is 2.35. The lowest BCUT2D eigenvalue weighted by Gasteiger charge is -2.23. The van der Waals surface area contributed by atoms with E-state index in [9.17, 15) is 4.79 Å². The van der Waals surface area contributed by atoms with Crippen LogP contribution in [0.4, 0.5) is 0 Å². The van der Waals surface area contributed by atoms with E-state index < -0.39 is 0 Å². The molecule has 0 aliphatic carbocycles. The van der Waals surface area contributed by atoms with Crippen molar-refractivity contribution in [2.75, 3.05) is 13.6 Å². The van der Waals surface area contributed by atoms with Crippen molar-refractivity contribution >= 4 is 17.7 Å². The molecule has 0 aliphatic heterocycles. The van der Waals surface area contributed by atoms with E-state index in [1.165, 1.54) is 4.90 Å². The molecule has 0 saturated carbocycles. The maximum atomic E-state index is 12.1. The van der Waals surface area contributed by atoms with Crippen LogP contribution in [-0.4, -0.2) is 35.7 Å². The van der Waals surface area contributed by atoms with Gasteiger partial charge < -0.3 is 10.6 Å². The average Bonchev–Trinajstić information content (AvgIpc) is 2.36. The lowest BCUT2D eigenvalue weighted by molar-refractivity contribution is 0.0748. The topological polar surface area (TPSA) is 46.3 Å². The largest absolute Gasteiger partial charge is 0.338 e. The van der Waals surface area contributed by atoms with Gasteiger partial charge >= 0.3 is 0 Å². The van der Waals surface area contributed by atoms with Crippen molar-refractivity contribution in [1.29, 1.82) is 0 Å². The fraction of sp³-hybridized carbons (Fsp3) is 0.500. The Morgan fingerprint density at radius 1 is 1.28 bits per heavy atom. The van der Waals surface area contributed by atoms with Crippen molar-refractivity contribution in [1.82, 2.24) is 4.90 Å². The summed E-state index contributed by atoms with van der Waals surface area (Å²) in [5.41, 5.74) is 6.28. The summed E-state index contributed by atoms with van der Waals surface area (Å²) < 4.78 is 0. The van der Waals surface area contributed by atoms with Gasteiger partial charge in [-0.2, -0.15) is 0 Å². The minimum absolute atomic E-state index is 0.0223. The van der Waals surface area contributed by atoms with Crippen LogP contribution in [0.15, 0.2) is 29.2 Å². The van der Waals surface area contributed by atoms with Gasteiger partial charge in [-0.05, 0) is 31.2 Å². The summed E-state index contributed by atoms with van der Waals surface area (Å²) in [4.78, 5) is 15.0. The average molecular weight is 266 g/mol. The monoisotopic (exact) mass is 266 g/mol. The molecule has 1 atom stereocenters. The van der Waals surface area contributed by atoms with Crippen LogP contribution in [0, 0.1) is 0 Å². The number of nitrogens with zero attached hydrogens (tertiary/aromatic N) is 1. The summed E-state index contributed by atoms with van der Waals surface area (Å²) in [6.07, 6.45) is 0. The predicted octanol–water partition coefficient (Wildman–Crippen LogP) is 2.61. The maximum Gasteiger partial charge on any atom is 0.253 e. The Kier molecular flexibility index (Phi) is 5.69. The summed E-state index contributed by atoms with van der Waals surface area (Å²) in [5.74, 6) is 0.0223. The molecule has 18 heavy (non-hydrogen) atoms. The molecule has 1 aromatic rings. The van der Waals surface area contributed by atoms with Gasteiger partial charge in [0, 0.05) is 35.3 Å². The van der Waals surface area contributed by atoms with Crippen molar-refractivity contribution in [3.05, 3.63) is 29.8 Å². The van der Waals surface area contributed by atoms with E-state index in [1.807, 2.05) is 31.2 Å². The van der Waals surface area contributed by atoms with Gasteiger partial charge in [-0.1, -0.05) is 13.8 Å². The van der Waals surface area contributed by atoms with Crippen LogP contribution in [0.1, 0.15) is 31.1 Å². The summed E-state index contributed by atoms with van der Waals surface area (Å²) in [6, 6.07) is 7.82. The number of carbonyl (C=O) groups is 1. The Bertz CT molecular complexity index is 389. The highest BCUT2D eigenvalue weighted by atomic mass is 32.2. The molecule has 0 radical (unpaired) electrons. The van der Waals surface area contributed by atoms with Crippen LogP contribution >= 0.6 is 11.8 Å². The third-order valence-electron chi connectivity index (χ3n) is 2.80. The van der Waals surface area contributed by atoms with E-state index >= 15 is 0 Å². The van der Waals surface area contributed by atoms with E-state index in [0.717, 1.165) is 0 Å². The molecule has 0 fully saturated rings. The van der Waals surface area contributed by atoms with Crippen LogP contribution in [0.5, 0.6) is 0 Å². The molecule has 0 spiro atoms. The minimum atomic E-state index is 0.0223. The van der Waals surface area contributed by atoms with Gasteiger partial charge in [0.05, 0.1) is 0 Å². The molecule has 4 heteroatoms. The van der Waals surface area contributed by atoms with Crippen molar-refractivity contribution in [2.24, 2.45) is 5.73 Å². The Hall–Kier alpha value is -1.00. The predicted molar refractivity (Wildman–Crippen MR) is 78.0 cm³/mol. The summed E-state index contributed by atoms with van der Waals surface area (Å²) in [7, 11) is 1.79. The third kappa shape index (κ3) is 4.03. The normalized spacial score (nSPS) is 12.6. The zero-order chi connectivity index (χ0) is 13.7. The van der Waals surface area contributed by atoms with Crippen LogP contribution in [-0.2, 0) is 0 Å². The highest BCUT2D eigenvalue weighted by Crippen LogP contribution is 2.23. The highest BCUT2D eigenvalue weighted by Gasteiger charge is 2.16. The fourth-order valence-electron chi connectivity index (χ4n) is 1.51. The Balaban J connectivity index is 2.75. The summed E-state index contributed by atoms with van der Waals surface area (Å²) in [6.45, 7) is 6.73. The van der Waals surface area contributed by atoms with Gasteiger partial charge in [-0.15, -0.1) is 11.8 Å². The second-order valence-electron chi connectivity index (χ2n) is 4.69. The number of thioether (sulfide) groups is 1. The lowest BCUT2D eigenvalue weighted by atomic mass is 10.2. The molecule has 1 rings (SSSR count). The number of hydrogen-bond acceptors (Lipinski definition) is 3. The summed E-state index contributed by atoms with van der Waals surface area (Å²) >= 11 is 1.79. The van der Waals surface area contributed by atoms with E-state index in [4.69, 9.17) is 5.73 Å². The molecule has 3 nitrogen and oxygen atoms in total. The van der Waals surface area contributed by atoms with Crippen molar-refractivity contribution in [3.8, 4) is 0 Å². The van der Waals surface area contributed by atoms with Crippen molar-refractivity contribution in [3.63, 3.8) is 0 Å². The second kappa shape index (κ2) is 6.81. The van der Waals surface area contributed by atoms with Crippen molar-refractivity contribution < 1.29 is 4.79 Å². The smallest absolute Gasteiger partial charge is 0.253 e. The molecular formula is C14H22N2OS. The van der Waals surface area contributed by atoms with E-state index in [2.05, 4.69) is 13.8 Å². The third-order valence-corrected chi connectivity index (χ3v) is 3.81. The van der Waals surface area contributed by atoms with Crippen LogP contribution in [0.3, 0.4) is 0 Å². The van der Waals surface area contributed by atoms with Crippen LogP contribution in [0.25, 0.3) is 0 Å². The summed E-state index contributed by atoms with van der Waals surface area (Å²) in [5, 5.41) is 0.548. The Morgan fingerprint density at radius 2 is 1.83 bits per heavy atom. The molecular weight excluding hydrogens is 244 g/mol. The zero-order valence-electron chi connectivity index (χ0n) is 11.5. The molecule has 100 valence electrons.